The number of aromatic nitrogens is 2. The maximum Gasteiger partial charge on any atom is 0.233 e. The van der Waals surface area contributed by atoms with Crippen LogP contribution in [0.3, 0.4) is 0 Å². The maximum absolute atomic E-state index is 13.1. The molecule has 7 heteroatoms. The van der Waals surface area contributed by atoms with Gasteiger partial charge < -0.3 is 14.5 Å². The minimum absolute atomic E-state index is 0.0298. The zero-order valence-corrected chi connectivity index (χ0v) is 18.2. The van der Waals surface area contributed by atoms with Crippen LogP contribution in [-0.4, -0.2) is 78.8 Å². The fourth-order valence-electron chi connectivity index (χ4n) is 4.29. The molecule has 3 heterocycles. The first-order valence-electron chi connectivity index (χ1n) is 11.1. The number of hydrogen-bond acceptors (Lipinski definition) is 6. The summed E-state index contributed by atoms with van der Waals surface area (Å²) < 4.78 is 5.09. The van der Waals surface area contributed by atoms with Crippen LogP contribution in [0.5, 0.6) is 5.88 Å². The Bertz CT molecular complexity index is 863. The zero-order chi connectivity index (χ0) is 21.5. The number of methoxy groups -OCH3 is 1. The van der Waals surface area contributed by atoms with Crippen LogP contribution in [0, 0.1) is 5.92 Å². The largest absolute Gasteiger partial charge is 0.480 e. The van der Waals surface area contributed by atoms with Crippen molar-refractivity contribution in [3.05, 3.63) is 54.1 Å². The SMILES string of the molecule is COc1ccc(N2CCC[C@@H](C(=O)N3CCN(C/C=C/c4ccccc4)CC3)C2)nn1. The molecule has 0 aliphatic carbocycles. The molecule has 1 aromatic carbocycles. The van der Waals surface area contributed by atoms with Gasteiger partial charge >= 0.3 is 0 Å². The lowest BCUT2D eigenvalue weighted by Gasteiger charge is -2.39. The molecule has 0 spiro atoms. The number of ether oxygens (including phenoxy) is 1. The molecule has 2 aromatic rings. The number of hydrogen-bond donors (Lipinski definition) is 0. The van der Waals surface area contributed by atoms with Crippen LogP contribution in [0.1, 0.15) is 18.4 Å². The molecular formula is C24H31N5O2. The van der Waals surface area contributed by atoms with Gasteiger partial charge in [0.2, 0.25) is 11.8 Å². The quantitative estimate of drug-likeness (QED) is 0.714. The van der Waals surface area contributed by atoms with Crippen LogP contribution in [-0.2, 0) is 4.79 Å². The predicted octanol–water partition coefficient (Wildman–Crippen LogP) is 2.56. The van der Waals surface area contributed by atoms with Crippen molar-refractivity contribution in [3.63, 3.8) is 0 Å². The summed E-state index contributed by atoms with van der Waals surface area (Å²) in [6, 6.07) is 14.1. The van der Waals surface area contributed by atoms with Gasteiger partial charge in [-0.15, -0.1) is 10.2 Å². The fourth-order valence-corrected chi connectivity index (χ4v) is 4.29. The summed E-state index contributed by atoms with van der Waals surface area (Å²) in [6.45, 7) is 5.99. The summed E-state index contributed by atoms with van der Waals surface area (Å²) in [4.78, 5) is 19.8. The number of carbonyl (C=O) groups excluding carboxylic acids is 1. The molecule has 0 bridgehead atoms. The number of rotatable bonds is 6. The van der Waals surface area contributed by atoms with Gasteiger partial charge in [0.1, 0.15) is 0 Å². The van der Waals surface area contributed by atoms with Crippen LogP contribution < -0.4 is 9.64 Å². The van der Waals surface area contributed by atoms with E-state index in [0.717, 1.165) is 57.9 Å². The van der Waals surface area contributed by atoms with Gasteiger partial charge in [-0.25, -0.2) is 0 Å². The smallest absolute Gasteiger partial charge is 0.233 e. The molecule has 31 heavy (non-hydrogen) atoms. The van der Waals surface area contributed by atoms with Crippen molar-refractivity contribution in [2.45, 2.75) is 12.8 Å². The number of anilines is 1. The second-order valence-electron chi connectivity index (χ2n) is 8.16. The van der Waals surface area contributed by atoms with E-state index in [1.54, 1.807) is 7.11 Å². The molecule has 1 amide bonds. The lowest BCUT2D eigenvalue weighted by Crippen LogP contribution is -2.52. The first-order valence-corrected chi connectivity index (χ1v) is 11.1. The molecule has 164 valence electrons. The van der Waals surface area contributed by atoms with E-state index < -0.39 is 0 Å². The average molecular weight is 422 g/mol. The van der Waals surface area contributed by atoms with E-state index in [-0.39, 0.29) is 11.8 Å². The third-order valence-electron chi connectivity index (χ3n) is 6.09. The Hall–Kier alpha value is -2.93. The lowest BCUT2D eigenvalue weighted by atomic mass is 9.96. The molecule has 2 fully saturated rings. The number of benzene rings is 1. The van der Waals surface area contributed by atoms with Crippen LogP contribution >= 0.6 is 0 Å². The van der Waals surface area contributed by atoms with E-state index in [2.05, 4.69) is 56.4 Å². The van der Waals surface area contributed by atoms with Gasteiger partial charge in [-0.2, -0.15) is 0 Å². The first-order chi connectivity index (χ1) is 15.2. The van der Waals surface area contributed by atoms with Crippen molar-refractivity contribution < 1.29 is 9.53 Å². The van der Waals surface area contributed by atoms with Gasteiger partial charge in [-0.1, -0.05) is 42.5 Å². The van der Waals surface area contributed by atoms with Crippen LogP contribution in [0.4, 0.5) is 5.82 Å². The van der Waals surface area contributed by atoms with E-state index in [1.165, 1.54) is 5.56 Å². The molecule has 0 unspecified atom stereocenters. The topological polar surface area (TPSA) is 61.8 Å². The predicted molar refractivity (Wildman–Crippen MR) is 122 cm³/mol. The van der Waals surface area contributed by atoms with E-state index in [9.17, 15) is 4.79 Å². The summed E-state index contributed by atoms with van der Waals surface area (Å²) in [5.74, 6) is 1.63. The molecule has 2 saturated heterocycles. The van der Waals surface area contributed by atoms with E-state index in [1.807, 2.05) is 23.1 Å². The van der Waals surface area contributed by atoms with Gasteiger partial charge in [0.15, 0.2) is 5.82 Å². The lowest BCUT2D eigenvalue weighted by molar-refractivity contribution is -0.137. The minimum atomic E-state index is 0.0298. The number of piperidine rings is 1. The number of carbonyl (C=O) groups is 1. The monoisotopic (exact) mass is 421 g/mol. The Morgan fingerprint density at radius 2 is 1.87 bits per heavy atom. The Balaban J connectivity index is 1.25. The zero-order valence-electron chi connectivity index (χ0n) is 18.2. The normalized spacial score (nSPS) is 20.2. The Kier molecular flexibility index (Phi) is 7.14. The van der Waals surface area contributed by atoms with E-state index in [0.29, 0.717) is 12.4 Å². The van der Waals surface area contributed by atoms with Crippen molar-refractivity contribution >= 4 is 17.8 Å². The van der Waals surface area contributed by atoms with Gasteiger partial charge in [-0.05, 0) is 24.5 Å². The molecule has 0 radical (unpaired) electrons. The molecule has 1 aromatic heterocycles. The highest BCUT2D eigenvalue weighted by Crippen LogP contribution is 2.24. The average Bonchev–Trinajstić information content (AvgIpc) is 2.85. The third-order valence-corrected chi connectivity index (χ3v) is 6.09. The third kappa shape index (κ3) is 5.61. The molecular weight excluding hydrogens is 390 g/mol. The molecule has 2 aliphatic rings. The van der Waals surface area contributed by atoms with Crippen LogP contribution in [0.15, 0.2) is 48.5 Å². The molecule has 1 atom stereocenters. The number of nitrogens with zero attached hydrogens (tertiary/aromatic N) is 5. The Labute approximate surface area is 184 Å². The fraction of sp³-hybridized carbons (Fsp3) is 0.458. The van der Waals surface area contributed by atoms with Gasteiger partial charge in [0, 0.05) is 51.9 Å². The molecule has 4 rings (SSSR count). The van der Waals surface area contributed by atoms with Crippen LogP contribution in [0.2, 0.25) is 0 Å². The van der Waals surface area contributed by atoms with E-state index >= 15 is 0 Å². The second kappa shape index (κ2) is 10.4. The first kappa shape index (κ1) is 21.3. The standard InChI is InChI=1S/C24H31N5O2/c1-31-23-12-11-22(25-26-23)29-14-6-10-21(19-29)24(30)28-17-15-27(16-18-28)13-5-9-20-7-3-2-4-8-20/h2-5,7-9,11-12,21H,6,10,13-19H2,1H3/b9-5+/t21-/m1/s1. The van der Waals surface area contributed by atoms with Crippen molar-refractivity contribution in [1.29, 1.82) is 0 Å². The summed E-state index contributed by atoms with van der Waals surface area (Å²) >= 11 is 0. The highest BCUT2D eigenvalue weighted by atomic mass is 16.5. The summed E-state index contributed by atoms with van der Waals surface area (Å²) in [5, 5.41) is 8.32. The van der Waals surface area contributed by atoms with Crippen molar-refractivity contribution in [2.75, 3.05) is 57.8 Å². The molecule has 0 saturated carbocycles. The van der Waals surface area contributed by atoms with Gasteiger partial charge in [0.25, 0.3) is 0 Å². The minimum Gasteiger partial charge on any atom is -0.480 e. The Morgan fingerprint density at radius 1 is 1.06 bits per heavy atom. The van der Waals surface area contributed by atoms with Crippen molar-refractivity contribution in [2.24, 2.45) is 5.92 Å². The van der Waals surface area contributed by atoms with Crippen molar-refractivity contribution in [1.82, 2.24) is 20.0 Å². The Morgan fingerprint density at radius 3 is 2.58 bits per heavy atom. The van der Waals surface area contributed by atoms with E-state index in [4.69, 9.17) is 4.74 Å². The van der Waals surface area contributed by atoms with Crippen LogP contribution in [0.25, 0.3) is 6.08 Å². The van der Waals surface area contributed by atoms with Gasteiger partial charge in [0.05, 0.1) is 13.0 Å². The summed E-state index contributed by atoms with van der Waals surface area (Å²) in [7, 11) is 1.58. The number of amides is 1. The highest BCUT2D eigenvalue weighted by molar-refractivity contribution is 5.80. The second-order valence-corrected chi connectivity index (χ2v) is 8.16. The van der Waals surface area contributed by atoms with Crippen molar-refractivity contribution in [3.8, 4) is 5.88 Å². The molecule has 0 N–H and O–H groups in total. The highest BCUT2D eigenvalue weighted by Gasteiger charge is 2.31. The van der Waals surface area contributed by atoms with Gasteiger partial charge in [-0.3, -0.25) is 9.69 Å². The number of piperazine rings is 1. The maximum atomic E-state index is 13.1. The summed E-state index contributed by atoms with van der Waals surface area (Å²) in [5.41, 5.74) is 1.22. The summed E-state index contributed by atoms with van der Waals surface area (Å²) in [6.07, 6.45) is 6.31. The molecule has 2 aliphatic heterocycles. The molecule has 7 nitrogen and oxygen atoms in total.